The zero-order valence-corrected chi connectivity index (χ0v) is 16.4. The van der Waals surface area contributed by atoms with Crippen LogP contribution in [0.1, 0.15) is 32.6 Å². The molecule has 0 aliphatic heterocycles. The lowest BCUT2D eigenvalue weighted by atomic mass is 9.93. The van der Waals surface area contributed by atoms with Gasteiger partial charge in [0.05, 0.1) is 5.30 Å². The first-order chi connectivity index (χ1) is 12.8. The molecule has 0 fully saturated rings. The van der Waals surface area contributed by atoms with E-state index in [0.29, 0.717) is 5.56 Å². The fourth-order valence-electron chi connectivity index (χ4n) is 3.26. The van der Waals surface area contributed by atoms with Gasteiger partial charge in [0.1, 0.15) is 5.75 Å². The molecule has 0 amide bonds. The van der Waals surface area contributed by atoms with Gasteiger partial charge in [0.15, 0.2) is 5.78 Å². The Hall–Kier alpha value is -2.68. The Morgan fingerprint density at radius 3 is 2.07 bits per heavy atom. The van der Waals surface area contributed by atoms with E-state index in [0.717, 1.165) is 16.7 Å². The summed E-state index contributed by atoms with van der Waals surface area (Å²) in [4.78, 5) is 23.8. The van der Waals surface area contributed by atoms with E-state index in [1.54, 1.807) is 48.5 Å². The van der Waals surface area contributed by atoms with Gasteiger partial charge in [-0.25, -0.2) is 4.57 Å². The van der Waals surface area contributed by atoms with Crippen LogP contribution in [0.3, 0.4) is 0 Å². The van der Waals surface area contributed by atoms with Crippen LogP contribution in [0.5, 0.6) is 5.75 Å². The number of para-hydroxylation sites is 1. The molecular weight excluding hydrogens is 359 g/mol. The zero-order chi connectivity index (χ0) is 19.6. The molecule has 0 spiro atoms. The molecule has 3 aromatic carbocycles. The first-order valence-electron chi connectivity index (χ1n) is 8.59. The minimum absolute atomic E-state index is 0.00164. The monoisotopic (exact) mass is 380 g/mol. The highest BCUT2D eigenvalue weighted by molar-refractivity contribution is 7.61. The number of carbonyl (C=O) groups excluding carboxylic acids is 1. The highest BCUT2D eigenvalue weighted by Gasteiger charge is 2.31. The van der Waals surface area contributed by atoms with Gasteiger partial charge in [-0.3, -0.25) is 4.79 Å². The van der Waals surface area contributed by atoms with E-state index >= 15 is 0 Å². The molecule has 3 rings (SSSR count). The van der Waals surface area contributed by atoms with E-state index < -0.39 is 7.60 Å². The zero-order valence-electron chi connectivity index (χ0n) is 15.5. The minimum atomic E-state index is -4.24. The van der Waals surface area contributed by atoms with Crippen molar-refractivity contribution in [3.63, 3.8) is 0 Å². The molecular formula is C22H21O4P. The van der Waals surface area contributed by atoms with E-state index in [2.05, 4.69) is 0 Å². The standard InChI is InChI=1S/C22H21O4P/c1-15-13-16(2)21(17(3)14-15)22(23)19-11-7-8-12-20(19)27(24,25)26-18-9-5-4-6-10-18/h4-14H,1-3H3,(H,24,25). The van der Waals surface area contributed by atoms with Crippen molar-refractivity contribution in [2.75, 3.05) is 0 Å². The number of hydrogen-bond acceptors (Lipinski definition) is 3. The highest BCUT2D eigenvalue weighted by atomic mass is 31.2. The second kappa shape index (κ2) is 7.51. The van der Waals surface area contributed by atoms with Gasteiger partial charge in [-0.1, -0.05) is 54.1 Å². The van der Waals surface area contributed by atoms with Gasteiger partial charge in [0, 0.05) is 11.1 Å². The van der Waals surface area contributed by atoms with Crippen LogP contribution in [0.2, 0.25) is 0 Å². The first kappa shape index (κ1) is 19.1. The third kappa shape index (κ3) is 4.02. The quantitative estimate of drug-likeness (QED) is 0.513. The van der Waals surface area contributed by atoms with Crippen molar-refractivity contribution in [2.24, 2.45) is 0 Å². The fraction of sp³-hybridized carbons (Fsp3) is 0.136. The number of carbonyl (C=O) groups is 1. The lowest BCUT2D eigenvalue weighted by Gasteiger charge is -2.17. The van der Waals surface area contributed by atoms with Crippen molar-refractivity contribution in [1.82, 2.24) is 0 Å². The van der Waals surface area contributed by atoms with E-state index in [4.69, 9.17) is 4.52 Å². The molecule has 0 heterocycles. The van der Waals surface area contributed by atoms with Gasteiger partial charge in [-0.05, 0) is 50.1 Å². The van der Waals surface area contributed by atoms with Crippen molar-refractivity contribution in [3.05, 3.63) is 94.5 Å². The van der Waals surface area contributed by atoms with Gasteiger partial charge in [0.2, 0.25) is 0 Å². The van der Waals surface area contributed by atoms with Crippen LogP contribution in [-0.4, -0.2) is 10.7 Å². The molecule has 0 saturated carbocycles. The summed E-state index contributed by atoms with van der Waals surface area (Å²) in [5, 5.41) is -0.00164. The lowest BCUT2D eigenvalue weighted by Crippen LogP contribution is -2.20. The first-order valence-corrected chi connectivity index (χ1v) is 10.2. The number of benzene rings is 3. The average molecular weight is 380 g/mol. The molecule has 0 aliphatic rings. The molecule has 27 heavy (non-hydrogen) atoms. The average Bonchev–Trinajstić information content (AvgIpc) is 2.61. The third-order valence-electron chi connectivity index (χ3n) is 4.33. The van der Waals surface area contributed by atoms with Gasteiger partial charge < -0.3 is 9.42 Å². The molecule has 4 nitrogen and oxygen atoms in total. The van der Waals surface area contributed by atoms with Gasteiger partial charge in [0.25, 0.3) is 0 Å². The van der Waals surface area contributed by atoms with Gasteiger partial charge in [-0.2, -0.15) is 0 Å². The van der Waals surface area contributed by atoms with Crippen LogP contribution in [0.25, 0.3) is 0 Å². The van der Waals surface area contributed by atoms with Crippen molar-refractivity contribution in [1.29, 1.82) is 0 Å². The summed E-state index contributed by atoms with van der Waals surface area (Å²) in [5.74, 6) is -0.0141. The lowest BCUT2D eigenvalue weighted by molar-refractivity contribution is 0.103. The van der Waals surface area contributed by atoms with Crippen molar-refractivity contribution < 1.29 is 18.8 Å². The summed E-state index contributed by atoms with van der Waals surface area (Å²) in [6.07, 6.45) is 0. The van der Waals surface area contributed by atoms with Crippen molar-refractivity contribution in [3.8, 4) is 5.75 Å². The predicted octanol–water partition coefficient (Wildman–Crippen LogP) is 4.73. The Labute approximate surface area is 159 Å². The third-order valence-corrected chi connectivity index (χ3v) is 5.79. The number of hydrogen-bond donors (Lipinski definition) is 1. The van der Waals surface area contributed by atoms with Gasteiger partial charge in [-0.15, -0.1) is 0 Å². The summed E-state index contributed by atoms with van der Waals surface area (Å²) in [6.45, 7) is 5.71. The van der Waals surface area contributed by atoms with Gasteiger partial charge >= 0.3 is 7.60 Å². The predicted molar refractivity (Wildman–Crippen MR) is 107 cm³/mol. The Morgan fingerprint density at radius 1 is 0.889 bits per heavy atom. The highest BCUT2D eigenvalue weighted by Crippen LogP contribution is 2.42. The minimum Gasteiger partial charge on any atom is -0.421 e. The molecule has 138 valence electrons. The molecule has 0 bridgehead atoms. The number of ketones is 1. The van der Waals surface area contributed by atoms with Crippen LogP contribution in [0.15, 0.2) is 66.7 Å². The van der Waals surface area contributed by atoms with E-state index in [9.17, 15) is 14.3 Å². The molecule has 1 unspecified atom stereocenters. The Balaban J connectivity index is 2.07. The number of rotatable bonds is 5. The summed E-state index contributed by atoms with van der Waals surface area (Å²) in [6, 6.07) is 18.6. The topological polar surface area (TPSA) is 63.6 Å². The largest absolute Gasteiger partial charge is 0.421 e. The maximum absolute atomic E-state index is 13.2. The molecule has 3 aromatic rings. The molecule has 5 heteroatoms. The van der Waals surface area contributed by atoms with Crippen molar-refractivity contribution in [2.45, 2.75) is 20.8 Å². The van der Waals surface area contributed by atoms with Crippen LogP contribution in [0.4, 0.5) is 0 Å². The molecule has 0 aromatic heterocycles. The summed E-state index contributed by atoms with van der Waals surface area (Å²) < 4.78 is 18.3. The van der Waals surface area contributed by atoms with Crippen LogP contribution >= 0.6 is 7.60 Å². The molecule has 0 aliphatic carbocycles. The fourth-order valence-corrected chi connectivity index (χ4v) is 4.52. The molecule has 0 saturated heterocycles. The molecule has 1 atom stereocenters. The second-order valence-corrected chi connectivity index (χ2v) is 8.25. The van der Waals surface area contributed by atoms with E-state index in [1.807, 2.05) is 32.9 Å². The van der Waals surface area contributed by atoms with Crippen LogP contribution in [-0.2, 0) is 4.57 Å². The maximum Gasteiger partial charge on any atom is 0.408 e. The normalized spacial score (nSPS) is 13.0. The number of aryl methyl sites for hydroxylation is 3. The van der Waals surface area contributed by atoms with E-state index in [-0.39, 0.29) is 22.4 Å². The Bertz CT molecular complexity index is 1020. The second-order valence-electron chi connectivity index (χ2n) is 6.54. The smallest absolute Gasteiger partial charge is 0.408 e. The maximum atomic E-state index is 13.2. The summed E-state index contributed by atoms with van der Waals surface area (Å²) in [7, 11) is -4.24. The van der Waals surface area contributed by atoms with Crippen LogP contribution < -0.4 is 9.83 Å². The SMILES string of the molecule is Cc1cc(C)c(C(=O)c2ccccc2P(=O)(O)Oc2ccccc2)c(C)c1. The van der Waals surface area contributed by atoms with E-state index in [1.165, 1.54) is 6.07 Å². The van der Waals surface area contributed by atoms with Crippen molar-refractivity contribution >= 4 is 18.7 Å². The Morgan fingerprint density at radius 2 is 1.44 bits per heavy atom. The summed E-state index contributed by atoms with van der Waals surface area (Å²) in [5.41, 5.74) is 3.46. The van der Waals surface area contributed by atoms with Crippen LogP contribution in [0, 0.1) is 20.8 Å². The summed E-state index contributed by atoms with van der Waals surface area (Å²) >= 11 is 0. The molecule has 0 radical (unpaired) electrons. The Kier molecular flexibility index (Phi) is 5.31. The molecule has 1 N–H and O–H groups in total.